The maximum atomic E-state index is 11.1. The smallest absolute Gasteiger partial charge is 0.157 e. The third-order valence-corrected chi connectivity index (χ3v) is 3.35. The average Bonchev–Trinajstić information content (AvgIpc) is 2.48. The molecule has 0 aliphatic rings. The Labute approximate surface area is 76.7 Å². The van der Waals surface area contributed by atoms with Crippen LogP contribution in [0.15, 0.2) is 6.20 Å². The molecule has 0 fully saturated rings. The van der Waals surface area contributed by atoms with Crippen LogP contribution in [0.25, 0.3) is 0 Å². The average molecular weight is 204 g/mol. The largest absolute Gasteiger partial charge is 0.390 e. The topological polar surface area (TPSA) is 83.1 Å². The Bertz CT molecular complexity index is 382. The van der Waals surface area contributed by atoms with E-state index in [-0.39, 0.29) is 6.61 Å². The Balaban J connectivity index is 2.96. The van der Waals surface area contributed by atoms with E-state index in [0.717, 1.165) is 6.26 Å². The number of hydrogen-bond acceptors (Lipinski definition) is 4. The molecule has 6 heteroatoms. The second-order valence-corrected chi connectivity index (χ2v) is 5.29. The van der Waals surface area contributed by atoms with Crippen molar-refractivity contribution in [1.29, 1.82) is 0 Å². The molecule has 0 radical (unpaired) electrons. The summed E-state index contributed by atoms with van der Waals surface area (Å²) in [5.74, 6) is 0.367. The summed E-state index contributed by atoms with van der Waals surface area (Å²) in [6.07, 6.45) is 2.58. The fourth-order valence-electron chi connectivity index (χ4n) is 0.866. The summed E-state index contributed by atoms with van der Waals surface area (Å²) < 4.78 is 22.2. The van der Waals surface area contributed by atoms with Gasteiger partial charge in [-0.25, -0.2) is 13.4 Å². The lowest BCUT2D eigenvalue weighted by atomic mass is 10.4. The van der Waals surface area contributed by atoms with Crippen molar-refractivity contribution in [1.82, 2.24) is 9.97 Å². The van der Waals surface area contributed by atoms with Crippen LogP contribution in [0.3, 0.4) is 0 Å². The molecule has 0 aromatic carbocycles. The Morgan fingerprint density at radius 1 is 1.69 bits per heavy atom. The number of sulfone groups is 1. The van der Waals surface area contributed by atoms with Crippen molar-refractivity contribution in [3.63, 3.8) is 0 Å². The van der Waals surface area contributed by atoms with E-state index in [4.69, 9.17) is 5.11 Å². The quantitative estimate of drug-likeness (QED) is 0.726. The van der Waals surface area contributed by atoms with Crippen molar-refractivity contribution < 1.29 is 13.5 Å². The van der Waals surface area contributed by atoms with Crippen LogP contribution >= 0.6 is 0 Å². The molecular weight excluding hydrogens is 192 g/mol. The maximum absolute atomic E-state index is 11.1. The highest BCUT2D eigenvalue weighted by Crippen LogP contribution is 2.17. The highest BCUT2D eigenvalue weighted by molar-refractivity contribution is 7.90. The van der Waals surface area contributed by atoms with Gasteiger partial charge in [0.1, 0.15) is 11.1 Å². The second-order valence-electron chi connectivity index (χ2n) is 2.92. The number of nitrogens with one attached hydrogen (secondary N) is 1. The van der Waals surface area contributed by atoms with Gasteiger partial charge in [0.05, 0.1) is 18.5 Å². The van der Waals surface area contributed by atoms with Gasteiger partial charge in [-0.05, 0) is 6.92 Å². The lowest BCUT2D eigenvalue weighted by Crippen LogP contribution is -2.09. The highest BCUT2D eigenvalue weighted by Gasteiger charge is 2.19. The van der Waals surface area contributed by atoms with E-state index in [2.05, 4.69) is 9.97 Å². The number of aliphatic hydroxyl groups is 1. The molecule has 0 aliphatic carbocycles. The molecule has 0 aliphatic heterocycles. The molecule has 13 heavy (non-hydrogen) atoms. The Kier molecular flexibility index (Phi) is 2.72. The summed E-state index contributed by atoms with van der Waals surface area (Å²) in [4.78, 5) is 6.59. The third kappa shape index (κ3) is 2.28. The zero-order valence-electron chi connectivity index (χ0n) is 7.48. The summed E-state index contributed by atoms with van der Waals surface area (Å²) in [5.41, 5.74) is 0.519. The van der Waals surface area contributed by atoms with Crippen molar-refractivity contribution in [2.45, 2.75) is 18.8 Å². The molecule has 1 aromatic rings. The van der Waals surface area contributed by atoms with Crippen molar-refractivity contribution in [2.75, 3.05) is 6.26 Å². The van der Waals surface area contributed by atoms with Crippen LogP contribution in [0, 0.1) is 0 Å². The maximum Gasteiger partial charge on any atom is 0.157 e. The number of nitrogens with zero attached hydrogens (tertiary/aromatic N) is 1. The Hall–Kier alpha value is -0.880. The van der Waals surface area contributed by atoms with Crippen molar-refractivity contribution in [3.05, 3.63) is 17.7 Å². The Morgan fingerprint density at radius 3 is 2.69 bits per heavy atom. The minimum atomic E-state index is -3.13. The monoisotopic (exact) mass is 204 g/mol. The first kappa shape index (κ1) is 10.2. The van der Waals surface area contributed by atoms with E-state index < -0.39 is 15.1 Å². The van der Waals surface area contributed by atoms with Gasteiger partial charge in [-0.2, -0.15) is 0 Å². The van der Waals surface area contributed by atoms with Crippen LogP contribution in [-0.2, 0) is 16.4 Å². The number of aromatic amines is 1. The fraction of sp³-hybridized carbons (Fsp3) is 0.571. The molecule has 5 nitrogen and oxygen atoms in total. The zero-order valence-corrected chi connectivity index (χ0v) is 8.30. The van der Waals surface area contributed by atoms with Gasteiger partial charge in [-0.1, -0.05) is 0 Å². The fourth-order valence-corrected chi connectivity index (χ4v) is 1.39. The molecule has 1 unspecified atom stereocenters. The molecule has 1 aromatic heterocycles. The SMILES string of the molecule is CC(c1ncc(CO)[nH]1)S(C)(=O)=O. The van der Waals surface area contributed by atoms with Gasteiger partial charge in [0.25, 0.3) is 0 Å². The van der Waals surface area contributed by atoms with Crippen LogP contribution in [0.2, 0.25) is 0 Å². The molecule has 1 heterocycles. The summed E-state index contributed by atoms with van der Waals surface area (Å²) in [7, 11) is -3.13. The van der Waals surface area contributed by atoms with Crippen molar-refractivity contribution >= 4 is 9.84 Å². The molecule has 1 atom stereocenters. The van der Waals surface area contributed by atoms with Gasteiger partial charge in [-0.3, -0.25) is 0 Å². The van der Waals surface area contributed by atoms with E-state index in [1.807, 2.05) is 0 Å². The Morgan fingerprint density at radius 2 is 2.31 bits per heavy atom. The van der Waals surface area contributed by atoms with Crippen LogP contribution in [0.4, 0.5) is 0 Å². The summed E-state index contributed by atoms with van der Waals surface area (Å²) in [5, 5.41) is 8.06. The molecule has 0 saturated heterocycles. The molecule has 0 saturated carbocycles. The number of aliphatic hydroxyl groups excluding tert-OH is 1. The first-order valence-electron chi connectivity index (χ1n) is 3.78. The molecule has 0 bridgehead atoms. The van der Waals surface area contributed by atoms with Crippen molar-refractivity contribution in [3.8, 4) is 0 Å². The number of rotatable bonds is 3. The predicted octanol–water partition coefficient (Wildman–Crippen LogP) is 0.00760. The van der Waals surface area contributed by atoms with Crippen LogP contribution in [-0.4, -0.2) is 29.7 Å². The van der Waals surface area contributed by atoms with Gasteiger partial charge in [-0.15, -0.1) is 0 Å². The van der Waals surface area contributed by atoms with Gasteiger partial charge in [0.15, 0.2) is 9.84 Å². The second kappa shape index (κ2) is 3.47. The number of hydrogen-bond donors (Lipinski definition) is 2. The van der Waals surface area contributed by atoms with E-state index in [1.165, 1.54) is 6.20 Å². The van der Waals surface area contributed by atoms with E-state index in [1.54, 1.807) is 6.92 Å². The van der Waals surface area contributed by atoms with Crippen LogP contribution in [0.1, 0.15) is 23.7 Å². The summed E-state index contributed by atoms with van der Waals surface area (Å²) in [6.45, 7) is 1.39. The number of imidazole rings is 1. The first-order valence-corrected chi connectivity index (χ1v) is 5.74. The lowest BCUT2D eigenvalue weighted by Gasteiger charge is -2.04. The van der Waals surface area contributed by atoms with E-state index >= 15 is 0 Å². The van der Waals surface area contributed by atoms with E-state index in [0.29, 0.717) is 11.5 Å². The third-order valence-electron chi connectivity index (χ3n) is 1.85. The highest BCUT2D eigenvalue weighted by atomic mass is 32.2. The number of H-pyrrole nitrogens is 1. The molecule has 0 amide bonds. The van der Waals surface area contributed by atoms with Gasteiger partial charge >= 0.3 is 0 Å². The van der Waals surface area contributed by atoms with E-state index in [9.17, 15) is 8.42 Å². The molecular formula is C7H12N2O3S. The van der Waals surface area contributed by atoms with Crippen molar-refractivity contribution in [2.24, 2.45) is 0 Å². The minimum Gasteiger partial charge on any atom is -0.390 e. The summed E-state index contributed by atoms with van der Waals surface area (Å²) >= 11 is 0. The zero-order chi connectivity index (χ0) is 10.1. The minimum absolute atomic E-state index is 0.163. The summed E-state index contributed by atoms with van der Waals surface area (Å²) in [6, 6.07) is 0. The standard InChI is InChI=1S/C7H12N2O3S/c1-5(13(2,11)12)7-8-3-6(4-10)9-7/h3,5,10H,4H2,1-2H3,(H,8,9). The number of aromatic nitrogens is 2. The van der Waals surface area contributed by atoms with Gasteiger partial charge < -0.3 is 10.1 Å². The predicted molar refractivity (Wildman–Crippen MR) is 47.8 cm³/mol. The molecule has 2 N–H and O–H groups in total. The van der Waals surface area contributed by atoms with Crippen LogP contribution in [0.5, 0.6) is 0 Å². The molecule has 0 spiro atoms. The first-order chi connectivity index (χ1) is 5.95. The van der Waals surface area contributed by atoms with Gasteiger partial charge in [0, 0.05) is 6.26 Å². The lowest BCUT2D eigenvalue weighted by molar-refractivity contribution is 0.277. The normalized spacial score (nSPS) is 14.4. The van der Waals surface area contributed by atoms with Crippen LogP contribution < -0.4 is 0 Å². The molecule has 1 rings (SSSR count). The van der Waals surface area contributed by atoms with Gasteiger partial charge in [0.2, 0.25) is 0 Å². The molecule has 74 valence electrons.